The Morgan fingerprint density at radius 3 is 2.09 bits per heavy atom. The van der Waals surface area contributed by atoms with Crippen molar-refractivity contribution in [1.82, 2.24) is 20.2 Å². The average molecular weight is 774 g/mol. The minimum absolute atomic E-state index is 0.197. The molecule has 0 aliphatic rings. The summed E-state index contributed by atoms with van der Waals surface area (Å²) < 4.78 is 8.78. The van der Waals surface area contributed by atoms with Gasteiger partial charge in [0.1, 0.15) is 0 Å². The van der Waals surface area contributed by atoms with E-state index in [4.69, 9.17) is 27.6 Å². The predicted molar refractivity (Wildman–Crippen MR) is 221 cm³/mol. The van der Waals surface area contributed by atoms with Gasteiger partial charge in [-0.1, -0.05) is 123 Å². The number of hydrogen-bond donors (Lipinski definition) is 2. The first-order valence-electron chi connectivity index (χ1n) is 17.7. The standard InChI is InChI=1S/C44H42Cl2N4O3Si/c1-44(2,3)40-41(45)33(30-53-54(36-15-6-4-7-16-36)37-17-8-5-9-18-37)27-38(42(40)46)50-26-12-14-35(50)29-48-39(51)24-21-31-19-22-32(23-20-31)43(52)49-28-34-13-10-11-25-47-34/h4-27,54H,28-30H2,1-3H3,(H,48,51)(H,49,52). The summed E-state index contributed by atoms with van der Waals surface area (Å²) in [7, 11) is -2.04. The van der Waals surface area contributed by atoms with Gasteiger partial charge < -0.3 is 19.6 Å². The molecule has 2 aromatic heterocycles. The number of halogens is 2. The first kappa shape index (κ1) is 38.5. The Labute approximate surface area is 328 Å². The Kier molecular flexibility index (Phi) is 12.6. The third-order valence-electron chi connectivity index (χ3n) is 8.91. The highest BCUT2D eigenvalue weighted by Gasteiger charge is 2.27. The fraction of sp³-hybridized carbons (Fsp3) is 0.159. The van der Waals surface area contributed by atoms with Crippen LogP contribution in [0.4, 0.5) is 0 Å². The van der Waals surface area contributed by atoms with Crippen molar-refractivity contribution in [2.24, 2.45) is 0 Å². The van der Waals surface area contributed by atoms with Crippen LogP contribution in [0.25, 0.3) is 11.8 Å². The molecule has 2 amide bonds. The number of aromatic nitrogens is 2. The molecular weight excluding hydrogens is 732 g/mol. The summed E-state index contributed by atoms with van der Waals surface area (Å²) >= 11 is 14.3. The molecule has 10 heteroatoms. The van der Waals surface area contributed by atoms with Gasteiger partial charge in [0.25, 0.3) is 5.91 Å². The Morgan fingerprint density at radius 2 is 1.46 bits per heavy atom. The van der Waals surface area contributed by atoms with E-state index in [9.17, 15) is 9.59 Å². The van der Waals surface area contributed by atoms with E-state index in [-0.39, 0.29) is 23.8 Å². The van der Waals surface area contributed by atoms with Crippen molar-refractivity contribution in [2.75, 3.05) is 0 Å². The summed E-state index contributed by atoms with van der Waals surface area (Å²) in [5.41, 5.74) is 5.01. The molecule has 0 saturated carbocycles. The van der Waals surface area contributed by atoms with Gasteiger partial charge in [-0.2, -0.15) is 0 Å². The number of amides is 2. The second-order valence-corrected chi connectivity index (χ2v) is 17.0. The molecule has 274 valence electrons. The third-order valence-corrected chi connectivity index (χ3v) is 12.2. The molecule has 4 aromatic carbocycles. The summed E-state index contributed by atoms with van der Waals surface area (Å²) in [6.07, 6.45) is 6.81. The van der Waals surface area contributed by atoms with Gasteiger partial charge in [0.2, 0.25) is 14.9 Å². The summed E-state index contributed by atoms with van der Waals surface area (Å²) in [5, 5.41) is 9.36. The number of hydrogen-bond acceptors (Lipinski definition) is 4. The van der Waals surface area contributed by atoms with Gasteiger partial charge in [0.05, 0.1) is 41.1 Å². The van der Waals surface area contributed by atoms with Crippen LogP contribution in [0.5, 0.6) is 0 Å². The lowest BCUT2D eigenvalue weighted by molar-refractivity contribution is -0.116. The van der Waals surface area contributed by atoms with Crippen LogP contribution in [0.3, 0.4) is 0 Å². The largest absolute Gasteiger partial charge is 0.407 e. The second-order valence-electron chi connectivity index (χ2n) is 13.9. The van der Waals surface area contributed by atoms with Crippen molar-refractivity contribution in [3.05, 3.63) is 183 Å². The van der Waals surface area contributed by atoms with Crippen LogP contribution in [-0.2, 0) is 34.3 Å². The number of nitrogens with one attached hydrogen (secondary N) is 2. The lowest BCUT2D eigenvalue weighted by Crippen LogP contribution is -2.44. The number of carbonyl (C=O) groups is 2. The maximum Gasteiger partial charge on any atom is 0.251 e. The topological polar surface area (TPSA) is 85.2 Å². The minimum atomic E-state index is -2.04. The van der Waals surface area contributed by atoms with Crippen molar-refractivity contribution < 1.29 is 14.0 Å². The molecule has 0 aliphatic heterocycles. The maximum absolute atomic E-state index is 13.0. The van der Waals surface area contributed by atoms with Crippen LogP contribution >= 0.6 is 23.2 Å². The van der Waals surface area contributed by atoms with Gasteiger partial charge in [-0.25, -0.2) is 0 Å². The van der Waals surface area contributed by atoms with Crippen LogP contribution in [0.1, 0.15) is 59.2 Å². The molecule has 6 aromatic rings. The summed E-state index contributed by atoms with van der Waals surface area (Å²) in [4.78, 5) is 29.8. The number of carbonyl (C=O) groups excluding carboxylic acids is 2. The quantitative estimate of drug-likeness (QED) is 0.0928. The average Bonchev–Trinajstić information content (AvgIpc) is 3.65. The van der Waals surface area contributed by atoms with Gasteiger partial charge in [-0.3, -0.25) is 14.6 Å². The van der Waals surface area contributed by atoms with Crippen molar-refractivity contribution >= 4 is 60.5 Å². The summed E-state index contributed by atoms with van der Waals surface area (Å²) in [6.45, 7) is 7.19. The number of benzene rings is 4. The molecule has 0 aliphatic carbocycles. The SMILES string of the molecule is CC(C)(C)c1c(Cl)c(CO[SiH](c2ccccc2)c2ccccc2)cc(-n2cccc2CNC(=O)C=Cc2ccc(C(=O)NCc3ccccn3)cc2)c1Cl. The Bertz CT molecular complexity index is 2180. The molecule has 0 saturated heterocycles. The summed E-state index contributed by atoms with van der Waals surface area (Å²) in [5.74, 6) is -0.457. The fourth-order valence-electron chi connectivity index (χ4n) is 6.15. The van der Waals surface area contributed by atoms with Gasteiger partial charge in [0.15, 0.2) is 0 Å². The summed E-state index contributed by atoms with van der Waals surface area (Å²) in [6, 6.07) is 39.2. The van der Waals surface area contributed by atoms with Crippen LogP contribution in [-0.4, -0.2) is 30.4 Å². The molecule has 6 rings (SSSR count). The minimum Gasteiger partial charge on any atom is -0.407 e. The van der Waals surface area contributed by atoms with E-state index in [1.165, 1.54) is 16.4 Å². The Balaban J connectivity index is 1.16. The number of pyridine rings is 1. The van der Waals surface area contributed by atoms with E-state index in [1.54, 1.807) is 36.5 Å². The van der Waals surface area contributed by atoms with Crippen molar-refractivity contribution in [1.29, 1.82) is 0 Å². The number of rotatable bonds is 13. The maximum atomic E-state index is 13.0. The molecule has 0 unspecified atom stereocenters. The van der Waals surface area contributed by atoms with Crippen LogP contribution in [0.2, 0.25) is 10.0 Å². The molecule has 0 radical (unpaired) electrons. The molecule has 2 heterocycles. The third kappa shape index (κ3) is 9.64. The zero-order chi connectivity index (χ0) is 38.1. The first-order valence-corrected chi connectivity index (χ1v) is 20.1. The molecular formula is C44H42Cl2N4O3Si. The zero-order valence-electron chi connectivity index (χ0n) is 30.4. The van der Waals surface area contributed by atoms with Crippen LogP contribution in [0.15, 0.2) is 140 Å². The van der Waals surface area contributed by atoms with Gasteiger partial charge in [0, 0.05) is 29.7 Å². The van der Waals surface area contributed by atoms with Crippen LogP contribution in [0, 0.1) is 0 Å². The first-order chi connectivity index (χ1) is 26.1. The second kappa shape index (κ2) is 17.7. The normalized spacial score (nSPS) is 11.6. The fourth-order valence-corrected chi connectivity index (χ4v) is 9.47. The van der Waals surface area contributed by atoms with Crippen molar-refractivity contribution in [2.45, 2.75) is 45.9 Å². The van der Waals surface area contributed by atoms with E-state index >= 15 is 0 Å². The monoisotopic (exact) mass is 772 g/mol. The lowest BCUT2D eigenvalue weighted by Gasteiger charge is -2.27. The van der Waals surface area contributed by atoms with E-state index in [0.717, 1.165) is 33.8 Å². The molecule has 2 N–H and O–H groups in total. The van der Waals surface area contributed by atoms with E-state index in [1.807, 2.05) is 83.6 Å². The highest BCUT2D eigenvalue weighted by atomic mass is 35.5. The van der Waals surface area contributed by atoms with Gasteiger partial charge in [-0.05, 0) is 81.0 Å². The lowest BCUT2D eigenvalue weighted by atomic mass is 9.85. The van der Waals surface area contributed by atoms with Crippen molar-refractivity contribution in [3.8, 4) is 5.69 Å². The molecule has 7 nitrogen and oxygen atoms in total. The molecule has 0 fully saturated rings. The molecule has 0 atom stereocenters. The van der Waals surface area contributed by atoms with Crippen molar-refractivity contribution in [3.63, 3.8) is 0 Å². The van der Waals surface area contributed by atoms with Crippen LogP contribution < -0.4 is 21.0 Å². The van der Waals surface area contributed by atoms with E-state index in [0.29, 0.717) is 28.8 Å². The molecule has 54 heavy (non-hydrogen) atoms. The zero-order valence-corrected chi connectivity index (χ0v) is 33.1. The van der Waals surface area contributed by atoms with E-state index < -0.39 is 9.04 Å². The van der Waals surface area contributed by atoms with E-state index in [2.05, 4.69) is 60.7 Å². The predicted octanol–water partition coefficient (Wildman–Crippen LogP) is 7.79. The Morgan fingerprint density at radius 1 is 0.796 bits per heavy atom. The smallest absolute Gasteiger partial charge is 0.251 e. The number of nitrogens with zero attached hydrogens (tertiary/aromatic N) is 2. The molecule has 0 spiro atoms. The highest BCUT2D eigenvalue weighted by molar-refractivity contribution is 6.80. The van der Waals surface area contributed by atoms with Gasteiger partial charge in [-0.15, -0.1) is 0 Å². The Hall–Kier alpha value is -5.25. The van der Waals surface area contributed by atoms with Gasteiger partial charge >= 0.3 is 0 Å². The molecule has 0 bridgehead atoms. The highest BCUT2D eigenvalue weighted by Crippen LogP contribution is 2.41.